The Balaban J connectivity index is 2.76. The van der Waals surface area contributed by atoms with Gasteiger partial charge < -0.3 is 4.90 Å². The van der Waals surface area contributed by atoms with E-state index in [1.807, 2.05) is 24.3 Å². The SMILES string of the molecule is CC(=O)N(CCNS(=O)(=O)N(C)C)c1ccc(C(C)C)cc1. The standard InChI is InChI=1S/C15H25N3O3S/c1-12(2)14-6-8-15(9-7-14)18(13(3)19)11-10-16-22(20,21)17(4)5/h6-9,12,16H,10-11H2,1-5H3. The number of carbonyl (C=O) groups excluding carboxylic acids is 1. The molecule has 0 unspecified atom stereocenters. The first-order valence-corrected chi connectivity index (χ1v) is 8.64. The Morgan fingerprint density at radius 1 is 1.18 bits per heavy atom. The number of benzene rings is 1. The first kappa shape index (κ1) is 18.6. The van der Waals surface area contributed by atoms with Crippen molar-refractivity contribution in [1.29, 1.82) is 0 Å². The smallest absolute Gasteiger partial charge is 0.278 e. The molecule has 0 aliphatic heterocycles. The fourth-order valence-corrected chi connectivity index (χ4v) is 2.53. The quantitative estimate of drug-likeness (QED) is 0.826. The van der Waals surface area contributed by atoms with Gasteiger partial charge in [0.15, 0.2) is 0 Å². The summed E-state index contributed by atoms with van der Waals surface area (Å²) in [5.41, 5.74) is 1.96. The van der Waals surface area contributed by atoms with E-state index in [9.17, 15) is 13.2 Å². The lowest BCUT2D eigenvalue weighted by Gasteiger charge is -2.22. The molecule has 0 aliphatic rings. The van der Waals surface area contributed by atoms with Gasteiger partial charge in [-0.3, -0.25) is 4.79 Å². The van der Waals surface area contributed by atoms with Gasteiger partial charge in [0.1, 0.15) is 0 Å². The van der Waals surface area contributed by atoms with Crippen LogP contribution in [0.3, 0.4) is 0 Å². The number of rotatable bonds is 7. The van der Waals surface area contributed by atoms with E-state index < -0.39 is 10.2 Å². The maximum absolute atomic E-state index is 11.8. The maximum Gasteiger partial charge on any atom is 0.278 e. The van der Waals surface area contributed by atoms with E-state index in [1.54, 1.807) is 4.90 Å². The molecule has 1 aromatic carbocycles. The van der Waals surface area contributed by atoms with Gasteiger partial charge in [-0.2, -0.15) is 12.7 Å². The lowest BCUT2D eigenvalue weighted by atomic mass is 10.0. The number of hydrogen-bond donors (Lipinski definition) is 1. The first-order chi connectivity index (χ1) is 10.1. The highest BCUT2D eigenvalue weighted by molar-refractivity contribution is 7.87. The van der Waals surface area contributed by atoms with Crippen LogP contribution < -0.4 is 9.62 Å². The third-order valence-corrected chi connectivity index (χ3v) is 4.88. The second-order valence-electron chi connectivity index (χ2n) is 5.60. The second kappa shape index (κ2) is 7.71. The van der Waals surface area contributed by atoms with Crippen LogP contribution in [-0.4, -0.2) is 45.8 Å². The van der Waals surface area contributed by atoms with Crippen molar-refractivity contribution in [2.24, 2.45) is 0 Å². The van der Waals surface area contributed by atoms with Crippen LogP contribution in [0.5, 0.6) is 0 Å². The largest absolute Gasteiger partial charge is 0.311 e. The van der Waals surface area contributed by atoms with Crippen LogP contribution in [0.1, 0.15) is 32.3 Å². The number of nitrogens with one attached hydrogen (secondary N) is 1. The topological polar surface area (TPSA) is 69.7 Å². The molecule has 1 N–H and O–H groups in total. The fraction of sp³-hybridized carbons (Fsp3) is 0.533. The normalized spacial score (nSPS) is 12.0. The highest BCUT2D eigenvalue weighted by atomic mass is 32.2. The van der Waals surface area contributed by atoms with Gasteiger partial charge in [-0.25, -0.2) is 4.72 Å². The Bertz CT molecular complexity index is 595. The van der Waals surface area contributed by atoms with Crippen LogP contribution in [0.15, 0.2) is 24.3 Å². The van der Waals surface area contributed by atoms with Crippen LogP contribution in [0.25, 0.3) is 0 Å². The van der Waals surface area contributed by atoms with E-state index in [1.165, 1.54) is 26.6 Å². The number of hydrogen-bond acceptors (Lipinski definition) is 3. The molecule has 0 heterocycles. The average Bonchev–Trinajstić information content (AvgIpc) is 2.43. The Morgan fingerprint density at radius 3 is 2.14 bits per heavy atom. The second-order valence-corrected chi connectivity index (χ2v) is 7.57. The first-order valence-electron chi connectivity index (χ1n) is 7.20. The van der Waals surface area contributed by atoms with E-state index >= 15 is 0 Å². The van der Waals surface area contributed by atoms with Gasteiger partial charge in [-0.15, -0.1) is 0 Å². The lowest BCUT2D eigenvalue weighted by molar-refractivity contribution is -0.116. The summed E-state index contributed by atoms with van der Waals surface area (Å²) in [5.74, 6) is 0.299. The monoisotopic (exact) mass is 327 g/mol. The van der Waals surface area contributed by atoms with Crippen molar-refractivity contribution >= 4 is 21.8 Å². The van der Waals surface area contributed by atoms with Gasteiger partial charge in [-0.1, -0.05) is 26.0 Å². The van der Waals surface area contributed by atoms with Crippen LogP contribution in [-0.2, 0) is 15.0 Å². The highest BCUT2D eigenvalue weighted by Crippen LogP contribution is 2.20. The summed E-state index contributed by atoms with van der Waals surface area (Å²) in [6, 6.07) is 7.74. The molecule has 1 rings (SSSR count). The minimum absolute atomic E-state index is 0.124. The van der Waals surface area contributed by atoms with Crippen molar-refractivity contribution in [1.82, 2.24) is 9.03 Å². The number of carbonyl (C=O) groups is 1. The van der Waals surface area contributed by atoms with Gasteiger partial charge in [0.05, 0.1) is 0 Å². The van der Waals surface area contributed by atoms with Crippen molar-refractivity contribution in [2.45, 2.75) is 26.7 Å². The van der Waals surface area contributed by atoms with E-state index in [0.29, 0.717) is 5.92 Å². The van der Waals surface area contributed by atoms with Crippen molar-refractivity contribution in [2.75, 3.05) is 32.1 Å². The zero-order valence-corrected chi connectivity index (χ0v) is 14.6. The van der Waals surface area contributed by atoms with E-state index in [-0.39, 0.29) is 19.0 Å². The summed E-state index contributed by atoms with van der Waals surface area (Å²) in [4.78, 5) is 13.3. The fourth-order valence-electron chi connectivity index (χ4n) is 1.92. The average molecular weight is 327 g/mol. The Morgan fingerprint density at radius 2 is 1.73 bits per heavy atom. The molecule has 0 aliphatic carbocycles. The third-order valence-electron chi connectivity index (χ3n) is 3.35. The van der Waals surface area contributed by atoms with E-state index in [4.69, 9.17) is 0 Å². The van der Waals surface area contributed by atoms with Crippen molar-refractivity contribution in [3.8, 4) is 0 Å². The van der Waals surface area contributed by atoms with Crippen LogP contribution >= 0.6 is 0 Å². The molecule has 22 heavy (non-hydrogen) atoms. The Kier molecular flexibility index (Phi) is 6.52. The molecular weight excluding hydrogens is 302 g/mol. The predicted molar refractivity (Wildman–Crippen MR) is 89.2 cm³/mol. The number of nitrogens with zero attached hydrogens (tertiary/aromatic N) is 2. The van der Waals surface area contributed by atoms with Crippen LogP contribution in [0.2, 0.25) is 0 Å². The van der Waals surface area contributed by atoms with Gasteiger partial charge in [-0.05, 0) is 23.6 Å². The van der Waals surface area contributed by atoms with Gasteiger partial charge >= 0.3 is 0 Å². The molecule has 1 aromatic rings. The minimum atomic E-state index is -3.47. The molecule has 0 saturated heterocycles. The molecular formula is C15H25N3O3S. The zero-order valence-electron chi connectivity index (χ0n) is 13.8. The summed E-state index contributed by atoms with van der Waals surface area (Å²) in [6.07, 6.45) is 0. The van der Waals surface area contributed by atoms with Gasteiger partial charge in [0.25, 0.3) is 10.2 Å². The highest BCUT2D eigenvalue weighted by Gasteiger charge is 2.15. The zero-order chi connectivity index (χ0) is 16.9. The molecule has 6 nitrogen and oxygen atoms in total. The van der Waals surface area contributed by atoms with Crippen molar-refractivity contribution in [3.63, 3.8) is 0 Å². The number of anilines is 1. The molecule has 0 radical (unpaired) electrons. The summed E-state index contributed by atoms with van der Waals surface area (Å²) in [5, 5.41) is 0. The maximum atomic E-state index is 11.8. The number of amides is 1. The van der Waals surface area contributed by atoms with E-state index in [0.717, 1.165) is 9.99 Å². The third kappa shape index (κ3) is 5.08. The van der Waals surface area contributed by atoms with Crippen molar-refractivity contribution < 1.29 is 13.2 Å². The molecule has 124 valence electrons. The minimum Gasteiger partial charge on any atom is -0.311 e. The van der Waals surface area contributed by atoms with Gasteiger partial charge in [0.2, 0.25) is 5.91 Å². The molecule has 7 heteroatoms. The molecule has 0 bridgehead atoms. The molecule has 0 saturated carbocycles. The summed E-state index contributed by atoms with van der Waals surface area (Å²) >= 11 is 0. The predicted octanol–water partition coefficient (Wildman–Crippen LogP) is 1.56. The molecule has 0 atom stereocenters. The molecule has 0 spiro atoms. The van der Waals surface area contributed by atoms with Crippen molar-refractivity contribution in [3.05, 3.63) is 29.8 Å². The molecule has 0 aromatic heterocycles. The van der Waals surface area contributed by atoms with Crippen LogP contribution in [0.4, 0.5) is 5.69 Å². The lowest BCUT2D eigenvalue weighted by Crippen LogP contribution is -2.41. The van der Waals surface area contributed by atoms with Crippen LogP contribution in [0, 0.1) is 0 Å². The summed E-state index contributed by atoms with van der Waals surface area (Å²) in [6.45, 7) is 6.12. The summed E-state index contributed by atoms with van der Waals surface area (Å²) in [7, 11) is -0.566. The summed E-state index contributed by atoms with van der Waals surface area (Å²) < 4.78 is 26.8. The molecule has 0 fully saturated rings. The Hall–Kier alpha value is -1.44. The van der Waals surface area contributed by atoms with Gasteiger partial charge in [0, 0.05) is 39.8 Å². The Labute approximate surface area is 133 Å². The van der Waals surface area contributed by atoms with E-state index in [2.05, 4.69) is 18.6 Å². The molecule has 1 amide bonds.